The summed E-state index contributed by atoms with van der Waals surface area (Å²) in [6.07, 6.45) is 1.05. The minimum Gasteiger partial charge on any atom is -0.383 e. The van der Waals surface area contributed by atoms with Gasteiger partial charge in [-0.1, -0.05) is 0 Å². The van der Waals surface area contributed by atoms with Crippen LogP contribution in [0.4, 0.5) is 5.82 Å². The number of nitrogen functional groups attached to an aromatic ring is 1. The normalized spacial score (nSPS) is 13.4. The number of nitrogens with two attached hydrogens (primary N) is 1. The van der Waals surface area contributed by atoms with Crippen LogP contribution in [0.1, 0.15) is 0 Å². The lowest BCUT2D eigenvalue weighted by Gasteiger charge is -2.15. The van der Waals surface area contributed by atoms with Crippen LogP contribution in [0.2, 0.25) is 0 Å². The maximum absolute atomic E-state index is 12.1. The Bertz CT molecular complexity index is 524. The molecule has 1 unspecified atom stereocenters. The second-order valence-corrected chi connectivity index (χ2v) is 6.35. The van der Waals surface area contributed by atoms with Gasteiger partial charge in [0.15, 0.2) is 0 Å². The molecule has 1 atom stereocenters. The van der Waals surface area contributed by atoms with Gasteiger partial charge in [-0.15, -0.1) is 0 Å². The monoisotopic (exact) mass is 353 g/mol. The predicted octanol–water partition coefficient (Wildman–Crippen LogP) is 0.366. The lowest BCUT2D eigenvalue weighted by Crippen LogP contribution is -2.36. The summed E-state index contributed by atoms with van der Waals surface area (Å²) >= 11 is 3.15. The molecule has 1 rings (SSSR count). The van der Waals surface area contributed by atoms with Crippen molar-refractivity contribution in [1.29, 1.82) is 0 Å². The van der Waals surface area contributed by atoms with Crippen molar-refractivity contribution in [3.63, 3.8) is 0 Å². The number of hydrogen-bond acceptors (Lipinski definition) is 6. The first kappa shape index (κ1) is 16.3. The number of hydrogen-bond donors (Lipinski definition) is 2. The summed E-state index contributed by atoms with van der Waals surface area (Å²) in [4.78, 5) is 3.71. The van der Waals surface area contributed by atoms with Gasteiger partial charge in [0.1, 0.15) is 10.7 Å². The lowest BCUT2D eigenvalue weighted by molar-refractivity contribution is 0.0320. The number of nitrogens with one attached hydrogen (secondary N) is 1. The molecular weight excluding hydrogens is 338 g/mol. The third-order valence-corrected chi connectivity index (χ3v) is 4.21. The highest BCUT2D eigenvalue weighted by Crippen LogP contribution is 2.20. The average Bonchev–Trinajstić information content (AvgIpc) is 2.37. The van der Waals surface area contributed by atoms with E-state index in [4.69, 9.17) is 15.2 Å². The molecule has 7 nitrogen and oxygen atoms in total. The van der Waals surface area contributed by atoms with Gasteiger partial charge in [-0.3, -0.25) is 0 Å². The van der Waals surface area contributed by atoms with Crippen LogP contribution < -0.4 is 10.5 Å². The quantitative estimate of drug-likeness (QED) is 0.733. The van der Waals surface area contributed by atoms with E-state index in [1.807, 2.05) is 0 Å². The molecule has 0 spiro atoms. The summed E-state index contributed by atoms with van der Waals surface area (Å²) in [6.45, 7) is 0.365. The van der Waals surface area contributed by atoms with Gasteiger partial charge in [0.25, 0.3) is 0 Å². The van der Waals surface area contributed by atoms with E-state index in [0.29, 0.717) is 4.47 Å². The molecule has 0 bridgehead atoms. The Hall–Kier alpha value is -0.740. The molecule has 19 heavy (non-hydrogen) atoms. The summed E-state index contributed by atoms with van der Waals surface area (Å²) in [7, 11) is -0.750. The molecule has 0 radical (unpaired) electrons. The zero-order chi connectivity index (χ0) is 14.5. The first-order valence-electron chi connectivity index (χ1n) is 5.33. The Labute approximate surface area is 120 Å². The van der Waals surface area contributed by atoms with Crippen LogP contribution in [0.15, 0.2) is 21.6 Å². The standard InChI is InChI=1S/C10H16BrN3O4S/c1-17-6-8(18-2)5-14-19(15,16)9-3-7(11)4-13-10(9)12/h3-4,8,14H,5-6H2,1-2H3,(H2,12,13). The molecule has 0 aliphatic carbocycles. The molecule has 0 fully saturated rings. The van der Waals surface area contributed by atoms with Gasteiger partial charge < -0.3 is 15.2 Å². The van der Waals surface area contributed by atoms with Crippen molar-refractivity contribution in [2.45, 2.75) is 11.0 Å². The van der Waals surface area contributed by atoms with Crippen molar-refractivity contribution in [2.24, 2.45) is 0 Å². The molecule has 1 heterocycles. The summed E-state index contributed by atoms with van der Waals surface area (Å²) < 4.78 is 37.1. The van der Waals surface area contributed by atoms with Crippen LogP contribution in [0.3, 0.4) is 0 Å². The predicted molar refractivity (Wildman–Crippen MR) is 74.2 cm³/mol. The first-order valence-corrected chi connectivity index (χ1v) is 7.60. The van der Waals surface area contributed by atoms with E-state index in [2.05, 4.69) is 25.6 Å². The highest BCUT2D eigenvalue weighted by atomic mass is 79.9. The molecule has 0 aliphatic rings. The van der Waals surface area contributed by atoms with Gasteiger partial charge >= 0.3 is 0 Å². The number of anilines is 1. The highest BCUT2D eigenvalue weighted by molar-refractivity contribution is 9.10. The van der Waals surface area contributed by atoms with Crippen LogP contribution >= 0.6 is 15.9 Å². The van der Waals surface area contributed by atoms with Gasteiger partial charge in [0.2, 0.25) is 10.0 Å². The fourth-order valence-electron chi connectivity index (χ4n) is 1.32. The molecule has 0 saturated carbocycles. The third kappa shape index (κ3) is 4.69. The van der Waals surface area contributed by atoms with Gasteiger partial charge in [-0.25, -0.2) is 18.1 Å². The molecule has 0 aromatic carbocycles. The van der Waals surface area contributed by atoms with Crippen LogP contribution in [0.5, 0.6) is 0 Å². The van der Waals surface area contributed by atoms with Crippen molar-refractivity contribution in [3.05, 3.63) is 16.7 Å². The zero-order valence-corrected chi connectivity index (χ0v) is 13.0. The lowest BCUT2D eigenvalue weighted by atomic mass is 10.4. The van der Waals surface area contributed by atoms with Gasteiger partial charge in [0, 0.05) is 31.4 Å². The second-order valence-electron chi connectivity index (χ2n) is 3.70. The first-order chi connectivity index (χ1) is 8.90. The maximum Gasteiger partial charge on any atom is 0.244 e. The molecule has 0 aliphatic heterocycles. The van der Waals surface area contributed by atoms with E-state index in [1.165, 1.54) is 26.5 Å². The molecule has 0 amide bonds. The number of nitrogens with zero attached hydrogens (tertiary/aromatic N) is 1. The number of rotatable bonds is 7. The fourth-order valence-corrected chi connectivity index (χ4v) is 2.98. The molecule has 0 saturated heterocycles. The summed E-state index contributed by atoms with van der Waals surface area (Å²) in [5.74, 6) is -0.0589. The average molecular weight is 354 g/mol. The Morgan fingerprint density at radius 3 is 2.79 bits per heavy atom. The summed E-state index contributed by atoms with van der Waals surface area (Å²) in [6, 6.07) is 1.39. The number of halogens is 1. The van der Waals surface area contributed by atoms with Crippen LogP contribution in [-0.4, -0.2) is 46.9 Å². The SMILES string of the molecule is COCC(CNS(=O)(=O)c1cc(Br)cnc1N)OC. The minimum atomic E-state index is -3.74. The van der Waals surface area contributed by atoms with Crippen molar-refractivity contribution >= 4 is 31.8 Å². The topological polar surface area (TPSA) is 104 Å². The van der Waals surface area contributed by atoms with Crippen LogP contribution in [0, 0.1) is 0 Å². The number of ether oxygens (including phenoxy) is 2. The van der Waals surface area contributed by atoms with E-state index in [-0.39, 0.29) is 30.0 Å². The molecule has 1 aromatic rings. The Morgan fingerprint density at radius 2 is 2.21 bits per heavy atom. The number of aromatic nitrogens is 1. The molecular formula is C10H16BrN3O4S. The van der Waals surface area contributed by atoms with E-state index in [0.717, 1.165) is 0 Å². The zero-order valence-electron chi connectivity index (χ0n) is 10.6. The molecule has 108 valence electrons. The van der Waals surface area contributed by atoms with Crippen LogP contribution in [-0.2, 0) is 19.5 Å². The largest absolute Gasteiger partial charge is 0.383 e. The van der Waals surface area contributed by atoms with Crippen molar-refractivity contribution < 1.29 is 17.9 Å². The third-order valence-electron chi connectivity index (χ3n) is 2.32. The second kappa shape index (κ2) is 7.15. The smallest absolute Gasteiger partial charge is 0.244 e. The van der Waals surface area contributed by atoms with Gasteiger partial charge in [-0.05, 0) is 22.0 Å². The van der Waals surface area contributed by atoms with Crippen molar-refractivity contribution in [3.8, 4) is 0 Å². The van der Waals surface area contributed by atoms with Gasteiger partial charge in [0.05, 0.1) is 12.7 Å². The Morgan fingerprint density at radius 1 is 1.53 bits per heavy atom. The number of sulfonamides is 1. The fraction of sp³-hybridized carbons (Fsp3) is 0.500. The molecule has 3 N–H and O–H groups in total. The van der Waals surface area contributed by atoms with Gasteiger partial charge in [-0.2, -0.15) is 0 Å². The van der Waals surface area contributed by atoms with Crippen molar-refractivity contribution in [2.75, 3.05) is 33.1 Å². The van der Waals surface area contributed by atoms with E-state index < -0.39 is 10.0 Å². The molecule has 1 aromatic heterocycles. The Balaban J connectivity index is 2.83. The highest BCUT2D eigenvalue weighted by Gasteiger charge is 2.20. The summed E-state index contributed by atoms with van der Waals surface area (Å²) in [5.41, 5.74) is 5.57. The molecule has 9 heteroatoms. The van der Waals surface area contributed by atoms with E-state index in [9.17, 15) is 8.42 Å². The van der Waals surface area contributed by atoms with Crippen molar-refractivity contribution in [1.82, 2.24) is 9.71 Å². The van der Waals surface area contributed by atoms with E-state index >= 15 is 0 Å². The minimum absolute atomic E-state index is 0.0589. The Kier molecular flexibility index (Phi) is 6.14. The van der Waals surface area contributed by atoms with Crippen LogP contribution in [0.25, 0.3) is 0 Å². The number of methoxy groups -OCH3 is 2. The summed E-state index contributed by atoms with van der Waals surface area (Å²) in [5, 5.41) is 0. The van der Waals surface area contributed by atoms with E-state index in [1.54, 1.807) is 0 Å². The maximum atomic E-state index is 12.1. The number of pyridine rings is 1.